The fourth-order valence-electron chi connectivity index (χ4n) is 4.29. The molecular weight excluding hydrogens is 380 g/mol. The van der Waals surface area contributed by atoms with E-state index in [0.717, 1.165) is 42.6 Å². The Morgan fingerprint density at radius 1 is 1.20 bits per heavy atom. The molecule has 1 aliphatic carbocycles. The molecule has 1 fully saturated rings. The van der Waals surface area contributed by atoms with E-state index in [1.165, 1.54) is 32.1 Å². The van der Waals surface area contributed by atoms with Crippen LogP contribution in [0.4, 0.5) is 0 Å². The Kier molecular flexibility index (Phi) is 6.68. The first-order valence-corrected chi connectivity index (χ1v) is 10.8. The molecule has 1 atom stereocenters. The summed E-state index contributed by atoms with van der Waals surface area (Å²) in [5.74, 6) is 3.14. The van der Waals surface area contributed by atoms with E-state index in [4.69, 9.17) is 4.74 Å². The van der Waals surface area contributed by atoms with E-state index in [1.54, 1.807) is 13.4 Å². The van der Waals surface area contributed by atoms with Gasteiger partial charge in [0.15, 0.2) is 5.82 Å². The smallest absolute Gasteiger partial charge is 0.173 e. The van der Waals surface area contributed by atoms with Gasteiger partial charge in [-0.25, -0.2) is 0 Å². The highest BCUT2D eigenvalue weighted by molar-refractivity contribution is 5.39. The third kappa shape index (κ3) is 4.67. The van der Waals surface area contributed by atoms with Gasteiger partial charge in [-0.2, -0.15) is 4.68 Å². The molecule has 1 N–H and O–H groups in total. The number of tetrazole rings is 1. The van der Waals surface area contributed by atoms with Crippen LogP contribution >= 0.6 is 0 Å². The van der Waals surface area contributed by atoms with E-state index in [2.05, 4.69) is 35.6 Å². The molecule has 2 aromatic heterocycles. The lowest BCUT2D eigenvalue weighted by Crippen LogP contribution is -2.33. The van der Waals surface area contributed by atoms with Crippen LogP contribution in [0.1, 0.15) is 56.2 Å². The van der Waals surface area contributed by atoms with Crippen molar-refractivity contribution < 1.29 is 4.74 Å². The van der Waals surface area contributed by atoms with Gasteiger partial charge in [-0.05, 0) is 61.2 Å². The normalized spacial score (nSPS) is 15.9. The van der Waals surface area contributed by atoms with E-state index in [0.29, 0.717) is 5.92 Å². The first-order chi connectivity index (χ1) is 14.8. The van der Waals surface area contributed by atoms with Crippen molar-refractivity contribution in [1.82, 2.24) is 40.3 Å². The second-order valence-corrected chi connectivity index (χ2v) is 7.91. The van der Waals surface area contributed by atoms with Gasteiger partial charge in [0.2, 0.25) is 0 Å². The lowest BCUT2D eigenvalue weighted by molar-refractivity contribution is 0.259. The molecule has 0 saturated heterocycles. The number of benzene rings is 1. The van der Waals surface area contributed by atoms with Crippen molar-refractivity contribution in [3.8, 4) is 11.4 Å². The van der Waals surface area contributed by atoms with Gasteiger partial charge < -0.3 is 14.6 Å². The Balaban J connectivity index is 1.51. The van der Waals surface area contributed by atoms with Crippen LogP contribution in [-0.4, -0.2) is 48.6 Å². The van der Waals surface area contributed by atoms with E-state index in [9.17, 15) is 0 Å². The molecule has 2 heterocycles. The molecule has 1 aliphatic rings. The molecule has 30 heavy (non-hydrogen) atoms. The van der Waals surface area contributed by atoms with Gasteiger partial charge in [-0.3, -0.25) is 0 Å². The summed E-state index contributed by atoms with van der Waals surface area (Å²) in [5.41, 5.74) is 0.914. The summed E-state index contributed by atoms with van der Waals surface area (Å²) in [5, 5.41) is 24.5. The number of methoxy groups -OCH3 is 1. The van der Waals surface area contributed by atoms with Crippen molar-refractivity contribution in [1.29, 1.82) is 0 Å². The third-order valence-electron chi connectivity index (χ3n) is 5.94. The molecule has 0 spiro atoms. The summed E-state index contributed by atoms with van der Waals surface area (Å²) in [6.45, 7) is 3.75. The molecule has 9 nitrogen and oxygen atoms in total. The zero-order valence-corrected chi connectivity index (χ0v) is 17.7. The number of nitrogens with one attached hydrogen (secondary N) is 1. The van der Waals surface area contributed by atoms with Crippen LogP contribution in [0.3, 0.4) is 0 Å². The van der Waals surface area contributed by atoms with Crippen molar-refractivity contribution >= 4 is 0 Å². The number of hydrogen-bond donors (Lipinski definition) is 1. The van der Waals surface area contributed by atoms with Crippen LogP contribution < -0.4 is 10.1 Å². The predicted octanol–water partition coefficient (Wildman–Crippen LogP) is 2.87. The highest BCUT2D eigenvalue weighted by Crippen LogP contribution is 2.34. The lowest BCUT2D eigenvalue weighted by Gasteiger charge is -2.30. The van der Waals surface area contributed by atoms with Crippen LogP contribution in [-0.2, 0) is 6.54 Å². The minimum absolute atomic E-state index is 0.119. The topological polar surface area (TPSA) is 95.6 Å². The lowest BCUT2D eigenvalue weighted by atomic mass is 9.83. The molecule has 1 saturated carbocycles. The molecule has 9 heteroatoms. The maximum atomic E-state index is 5.38. The second-order valence-electron chi connectivity index (χ2n) is 7.91. The van der Waals surface area contributed by atoms with Crippen LogP contribution in [0.5, 0.6) is 5.75 Å². The Bertz CT molecular complexity index is 930. The van der Waals surface area contributed by atoms with Gasteiger partial charge in [0.25, 0.3) is 0 Å². The number of ether oxygens (including phenoxy) is 1. The fraction of sp³-hybridized carbons (Fsp3) is 0.571. The summed E-state index contributed by atoms with van der Waals surface area (Å²) in [4.78, 5) is 0. The molecule has 0 amide bonds. The van der Waals surface area contributed by atoms with Crippen molar-refractivity contribution in [3.05, 3.63) is 42.2 Å². The second kappa shape index (κ2) is 9.80. The quantitative estimate of drug-likeness (QED) is 0.542. The van der Waals surface area contributed by atoms with Gasteiger partial charge >= 0.3 is 0 Å². The number of aryl methyl sites for hydroxylation is 2. The summed E-state index contributed by atoms with van der Waals surface area (Å²) in [6, 6.07) is 7.98. The van der Waals surface area contributed by atoms with Crippen LogP contribution in [0, 0.1) is 12.8 Å². The Morgan fingerprint density at radius 2 is 2.07 bits per heavy atom. The summed E-state index contributed by atoms with van der Waals surface area (Å²) >= 11 is 0. The predicted molar refractivity (Wildman–Crippen MR) is 112 cm³/mol. The average Bonchev–Trinajstić information content (AvgIpc) is 3.43. The van der Waals surface area contributed by atoms with Gasteiger partial charge in [0, 0.05) is 12.6 Å². The molecule has 0 aliphatic heterocycles. The van der Waals surface area contributed by atoms with Gasteiger partial charge in [-0.15, -0.1) is 15.3 Å². The van der Waals surface area contributed by atoms with Gasteiger partial charge in [-0.1, -0.05) is 25.3 Å². The summed E-state index contributed by atoms with van der Waals surface area (Å²) in [7, 11) is 1.67. The van der Waals surface area contributed by atoms with Crippen molar-refractivity contribution in [2.24, 2.45) is 5.92 Å². The highest BCUT2D eigenvalue weighted by atomic mass is 16.5. The minimum Gasteiger partial charge on any atom is -0.497 e. The maximum Gasteiger partial charge on any atom is 0.173 e. The van der Waals surface area contributed by atoms with E-state index in [1.807, 2.05) is 35.9 Å². The number of rotatable bonds is 9. The Morgan fingerprint density at radius 3 is 2.83 bits per heavy atom. The third-order valence-corrected chi connectivity index (χ3v) is 5.94. The number of aromatic nitrogens is 7. The minimum atomic E-state index is 0.119. The molecular formula is C21H30N8O. The van der Waals surface area contributed by atoms with E-state index >= 15 is 0 Å². The SMILES string of the molecule is COc1cccc(-n2nnnc2C(NCCCn2cnnc2C)C2CCCCC2)c1. The standard InChI is InChI=1S/C21H30N8O/c1-16-24-23-15-28(16)13-7-12-22-20(17-8-4-3-5-9-17)21-25-26-27-29(21)18-10-6-11-19(14-18)30-2/h6,10-11,14-15,17,20,22H,3-5,7-9,12-13H2,1-2H3. The number of hydrogen-bond acceptors (Lipinski definition) is 7. The van der Waals surface area contributed by atoms with Crippen LogP contribution in [0.2, 0.25) is 0 Å². The highest BCUT2D eigenvalue weighted by Gasteiger charge is 2.29. The molecule has 4 rings (SSSR count). The molecule has 160 valence electrons. The van der Waals surface area contributed by atoms with Crippen molar-refractivity contribution in [3.63, 3.8) is 0 Å². The first-order valence-electron chi connectivity index (χ1n) is 10.8. The fourth-order valence-corrected chi connectivity index (χ4v) is 4.29. The van der Waals surface area contributed by atoms with Crippen molar-refractivity contribution in [2.75, 3.05) is 13.7 Å². The van der Waals surface area contributed by atoms with Gasteiger partial charge in [0.1, 0.15) is 17.9 Å². The summed E-state index contributed by atoms with van der Waals surface area (Å²) < 4.78 is 9.31. The molecule has 3 aromatic rings. The van der Waals surface area contributed by atoms with Crippen LogP contribution in [0.15, 0.2) is 30.6 Å². The summed E-state index contributed by atoms with van der Waals surface area (Å²) in [6.07, 6.45) is 9.03. The van der Waals surface area contributed by atoms with E-state index < -0.39 is 0 Å². The Labute approximate surface area is 176 Å². The zero-order valence-electron chi connectivity index (χ0n) is 17.7. The zero-order chi connectivity index (χ0) is 20.8. The van der Waals surface area contributed by atoms with E-state index in [-0.39, 0.29) is 6.04 Å². The average molecular weight is 411 g/mol. The molecule has 1 unspecified atom stereocenters. The number of nitrogens with zero attached hydrogens (tertiary/aromatic N) is 7. The Hall–Kier alpha value is -2.81. The van der Waals surface area contributed by atoms with Crippen LogP contribution in [0.25, 0.3) is 5.69 Å². The van der Waals surface area contributed by atoms with Crippen molar-refractivity contribution in [2.45, 2.75) is 58.0 Å². The molecule has 1 aromatic carbocycles. The van der Waals surface area contributed by atoms with Gasteiger partial charge in [0.05, 0.1) is 18.8 Å². The monoisotopic (exact) mass is 410 g/mol. The molecule has 0 bridgehead atoms. The largest absolute Gasteiger partial charge is 0.497 e. The molecule has 0 radical (unpaired) electrons. The first kappa shape index (κ1) is 20.5. The maximum absolute atomic E-state index is 5.38.